The number of carbonyl (C=O) groups is 2. The lowest BCUT2D eigenvalue weighted by Gasteiger charge is -2.09. The summed E-state index contributed by atoms with van der Waals surface area (Å²) in [6.07, 6.45) is -0.187. The molecule has 0 radical (unpaired) electrons. The molecule has 0 aliphatic carbocycles. The normalized spacial score (nSPS) is 10.4. The van der Waals surface area contributed by atoms with E-state index in [0.717, 1.165) is 11.1 Å². The standard InChI is InChI=1S/C20H22O5/c1-13(2)24-20(22)16-6-9-17(10-7-16)25-19(21)12-23-18-8-5-14(3)15(4)11-18/h5-11,13H,12H2,1-4H3. The first-order chi connectivity index (χ1) is 11.8. The van der Waals surface area contributed by atoms with Crippen LogP contribution in [0.5, 0.6) is 11.5 Å². The average molecular weight is 342 g/mol. The maximum atomic E-state index is 11.9. The minimum Gasteiger partial charge on any atom is -0.482 e. The van der Waals surface area contributed by atoms with Gasteiger partial charge in [0.05, 0.1) is 11.7 Å². The number of benzene rings is 2. The van der Waals surface area contributed by atoms with Crippen molar-refractivity contribution < 1.29 is 23.8 Å². The van der Waals surface area contributed by atoms with Crippen LogP contribution in [0.15, 0.2) is 42.5 Å². The highest BCUT2D eigenvalue weighted by Crippen LogP contribution is 2.17. The fourth-order valence-corrected chi connectivity index (χ4v) is 2.05. The number of hydrogen-bond acceptors (Lipinski definition) is 5. The first-order valence-corrected chi connectivity index (χ1v) is 8.07. The Morgan fingerprint density at radius 1 is 0.920 bits per heavy atom. The highest BCUT2D eigenvalue weighted by atomic mass is 16.6. The van der Waals surface area contributed by atoms with Crippen LogP contribution in [0.25, 0.3) is 0 Å². The zero-order valence-corrected chi connectivity index (χ0v) is 14.9. The first-order valence-electron chi connectivity index (χ1n) is 8.07. The van der Waals surface area contributed by atoms with E-state index in [1.807, 2.05) is 32.0 Å². The Morgan fingerprint density at radius 3 is 2.16 bits per heavy atom. The van der Waals surface area contributed by atoms with Crippen LogP contribution < -0.4 is 9.47 Å². The lowest BCUT2D eigenvalue weighted by molar-refractivity contribution is -0.136. The summed E-state index contributed by atoms with van der Waals surface area (Å²) in [5.41, 5.74) is 2.65. The Bertz CT molecular complexity index is 747. The number of carbonyl (C=O) groups excluding carboxylic acids is 2. The lowest BCUT2D eigenvalue weighted by atomic mass is 10.1. The SMILES string of the molecule is Cc1ccc(OCC(=O)Oc2ccc(C(=O)OC(C)C)cc2)cc1C. The molecule has 0 spiro atoms. The molecule has 0 fully saturated rings. The van der Waals surface area contributed by atoms with Gasteiger partial charge in [0.1, 0.15) is 11.5 Å². The molecule has 0 heterocycles. The van der Waals surface area contributed by atoms with Crippen molar-refractivity contribution in [2.24, 2.45) is 0 Å². The van der Waals surface area contributed by atoms with E-state index in [1.54, 1.807) is 38.1 Å². The van der Waals surface area contributed by atoms with Crippen LogP contribution in [0.4, 0.5) is 0 Å². The Morgan fingerprint density at radius 2 is 1.56 bits per heavy atom. The molecular weight excluding hydrogens is 320 g/mol. The van der Waals surface area contributed by atoms with E-state index in [-0.39, 0.29) is 12.7 Å². The average Bonchev–Trinajstić information content (AvgIpc) is 2.56. The van der Waals surface area contributed by atoms with Gasteiger partial charge >= 0.3 is 11.9 Å². The number of hydrogen-bond donors (Lipinski definition) is 0. The maximum Gasteiger partial charge on any atom is 0.349 e. The quantitative estimate of drug-likeness (QED) is 0.589. The molecule has 0 amide bonds. The molecule has 0 unspecified atom stereocenters. The Hall–Kier alpha value is -2.82. The summed E-state index contributed by atoms with van der Waals surface area (Å²) in [7, 11) is 0. The van der Waals surface area contributed by atoms with Crippen LogP contribution in [0.3, 0.4) is 0 Å². The smallest absolute Gasteiger partial charge is 0.349 e. The van der Waals surface area contributed by atoms with Crippen molar-refractivity contribution in [2.75, 3.05) is 6.61 Å². The van der Waals surface area contributed by atoms with E-state index in [1.165, 1.54) is 0 Å². The Labute approximate surface area is 147 Å². The van der Waals surface area contributed by atoms with Gasteiger partial charge in [0, 0.05) is 0 Å². The molecule has 0 saturated heterocycles. The van der Waals surface area contributed by atoms with Gasteiger partial charge in [-0.2, -0.15) is 0 Å². The maximum absolute atomic E-state index is 11.9. The van der Waals surface area contributed by atoms with Crippen LogP contribution >= 0.6 is 0 Å². The lowest BCUT2D eigenvalue weighted by Crippen LogP contribution is -2.18. The van der Waals surface area contributed by atoms with E-state index in [2.05, 4.69) is 0 Å². The number of aryl methyl sites for hydroxylation is 2. The Kier molecular flexibility index (Phi) is 6.17. The van der Waals surface area contributed by atoms with Gasteiger partial charge in [-0.25, -0.2) is 9.59 Å². The predicted octanol–water partition coefficient (Wildman–Crippen LogP) is 3.85. The number of rotatable bonds is 6. The van der Waals surface area contributed by atoms with Crippen LogP contribution in [0.1, 0.15) is 35.3 Å². The van der Waals surface area contributed by atoms with Crippen LogP contribution in [0.2, 0.25) is 0 Å². The molecule has 5 heteroatoms. The van der Waals surface area contributed by atoms with Crippen molar-refractivity contribution in [3.63, 3.8) is 0 Å². The summed E-state index contributed by atoms with van der Waals surface area (Å²) < 4.78 is 15.7. The number of ether oxygens (including phenoxy) is 3. The zero-order valence-electron chi connectivity index (χ0n) is 14.9. The van der Waals surface area contributed by atoms with Gasteiger partial charge in [-0.15, -0.1) is 0 Å². The fourth-order valence-electron chi connectivity index (χ4n) is 2.05. The third-order valence-electron chi connectivity index (χ3n) is 3.50. The highest BCUT2D eigenvalue weighted by Gasteiger charge is 2.11. The largest absolute Gasteiger partial charge is 0.482 e. The van der Waals surface area contributed by atoms with Crippen molar-refractivity contribution in [3.8, 4) is 11.5 Å². The van der Waals surface area contributed by atoms with Crippen molar-refractivity contribution in [1.29, 1.82) is 0 Å². The van der Waals surface area contributed by atoms with E-state index in [0.29, 0.717) is 17.1 Å². The second kappa shape index (κ2) is 8.33. The summed E-state index contributed by atoms with van der Waals surface area (Å²) in [6, 6.07) is 11.8. The van der Waals surface area contributed by atoms with Crippen LogP contribution in [-0.4, -0.2) is 24.6 Å². The fraction of sp³-hybridized carbons (Fsp3) is 0.300. The summed E-state index contributed by atoms with van der Waals surface area (Å²) in [6.45, 7) is 7.35. The van der Waals surface area contributed by atoms with Crippen molar-refractivity contribution in [3.05, 3.63) is 59.2 Å². The van der Waals surface area contributed by atoms with Gasteiger partial charge < -0.3 is 14.2 Å². The predicted molar refractivity (Wildman–Crippen MR) is 94.0 cm³/mol. The molecule has 25 heavy (non-hydrogen) atoms. The Balaban J connectivity index is 1.87. The molecule has 0 N–H and O–H groups in total. The van der Waals surface area contributed by atoms with Gasteiger partial charge in [0.2, 0.25) is 0 Å². The van der Waals surface area contributed by atoms with Gasteiger partial charge in [-0.3, -0.25) is 0 Å². The number of esters is 2. The van der Waals surface area contributed by atoms with Crippen LogP contribution in [-0.2, 0) is 9.53 Å². The van der Waals surface area contributed by atoms with Crippen molar-refractivity contribution in [1.82, 2.24) is 0 Å². The van der Waals surface area contributed by atoms with E-state index >= 15 is 0 Å². The second-order valence-corrected chi connectivity index (χ2v) is 5.99. The van der Waals surface area contributed by atoms with Gasteiger partial charge in [-0.1, -0.05) is 6.07 Å². The molecule has 132 valence electrons. The van der Waals surface area contributed by atoms with Gasteiger partial charge in [-0.05, 0) is 75.2 Å². The summed E-state index contributed by atoms with van der Waals surface area (Å²) in [5, 5.41) is 0. The molecule has 0 bridgehead atoms. The zero-order chi connectivity index (χ0) is 18.4. The third kappa shape index (κ3) is 5.64. The van der Waals surface area contributed by atoms with Gasteiger partial charge in [0.15, 0.2) is 6.61 Å². The summed E-state index contributed by atoms with van der Waals surface area (Å²) in [4.78, 5) is 23.6. The van der Waals surface area contributed by atoms with Crippen LogP contribution in [0, 0.1) is 13.8 Å². The van der Waals surface area contributed by atoms with E-state index < -0.39 is 11.9 Å². The van der Waals surface area contributed by atoms with Crippen molar-refractivity contribution in [2.45, 2.75) is 33.8 Å². The van der Waals surface area contributed by atoms with Gasteiger partial charge in [0.25, 0.3) is 0 Å². The minimum absolute atomic E-state index is 0.187. The molecule has 2 aromatic carbocycles. The molecule has 0 aromatic heterocycles. The van der Waals surface area contributed by atoms with E-state index in [9.17, 15) is 9.59 Å². The molecule has 0 atom stereocenters. The highest BCUT2D eigenvalue weighted by molar-refractivity contribution is 5.89. The molecule has 2 aromatic rings. The van der Waals surface area contributed by atoms with Crippen molar-refractivity contribution >= 4 is 11.9 Å². The third-order valence-corrected chi connectivity index (χ3v) is 3.50. The molecule has 5 nitrogen and oxygen atoms in total. The molecule has 0 saturated carbocycles. The second-order valence-electron chi connectivity index (χ2n) is 5.99. The van der Waals surface area contributed by atoms with E-state index in [4.69, 9.17) is 14.2 Å². The monoisotopic (exact) mass is 342 g/mol. The first kappa shape index (κ1) is 18.5. The summed E-state index contributed by atoms with van der Waals surface area (Å²) >= 11 is 0. The minimum atomic E-state index is -0.518. The molecular formula is C20H22O5. The molecule has 2 rings (SSSR count). The summed E-state index contributed by atoms with van der Waals surface area (Å²) in [5.74, 6) is 0.0308. The topological polar surface area (TPSA) is 61.8 Å². The molecule has 0 aliphatic heterocycles. The molecule has 0 aliphatic rings.